The molecule has 0 spiro atoms. The molecule has 0 aliphatic rings. The summed E-state index contributed by atoms with van der Waals surface area (Å²) in [6, 6.07) is 0. The Morgan fingerprint density at radius 3 is 2.33 bits per heavy atom. The fourth-order valence-corrected chi connectivity index (χ4v) is 1.16. The van der Waals surface area contributed by atoms with Crippen LogP contribution in [0, 0.1) is 5.92 Å². The van der Waals surface area contributed by atoms with Gasteiger partial charge in [0.1, 0.15) is 13.2 Å². The average molecular weight is 217 g/mol. The second-order valence-corrected chi connectivity index (χ2v) is 3.71. The summed E-state index contributed by atoms with van der Waals surface area (Å²) in [4.78, 5) is 23.3. The van der Waals surface area contributed by atoms with Gasteiger partial charge in [0.05, 0.1) is 0 Å². The highest BCUT2D eigenvalue weighted by atomic mass is 16.5. The smallest absolute Gasteiger partial charge is 0.329 e. The van der Waals surface area contributed by atoms with Crippen LogP contribution in [0.25, 0.3) is 0 Å². The lowest BCUT2D eigenvalue weighted by molar-refractivity contribution is -0.145. The molecule has 5 nitrogen and oxygen atoms in total. The van der Waals surface area contributed by atoms with E-state index >= 15 is 0 Å². The zero-order valence-electron chi connectivity index (χ0n) is 9.52. The van der Waals surface area contributed by atoms with Gasteiger partial charge in [-0.15, -0.1) is 0 Å². The molecule has 0 aromatic heterocycles. The van der Waals surface area contributed by atoms with Crippen molar-refractivity contribution in [1.82, 2.24) is 4.90 Å². The van der Waals surface area contributed by atoms with E-state index in [1.165, 1.54) is 0 Å². The first kappa shape index (κ1) is 13.9. The highest BCUT2D eigenvalue weighted by Gasteiger charge is 2.13. The highest BCUT2D eigenvalue weighted by Crippen LogP contribution is 1.99. The third-order valence-corrected chi connectivity index (χ3v) is 1.77. The normalized spacial score (nSPS) is 10.4. The molecule has 0 aliphatic heterocycles. The topological polar surface area (TPSA) is 66.8 Å². The van der Waals surface area contributed by atoms with Crippen molar-refractivity contribution in [2.45, 2.75) is 20.8 Å². The fourth-order valence-electron chi connectivity index (χ4n) is 1.16. The van der Waals surface area contributed by atoms with Crippen molar-refractivity contribution in [3.05, 3.63) is 0 Å². The number of aliphatic carboxylic acids is 1. The Balaban J connectivity index is 3.88. The lowest BCUT2D eigenvalue weighted by Gasteiger charge is -2.22. The largest absolute Gasteiger partial charge is 0.480 e. The molecule has 0 saturated carbocycles. The monoisotopic (exact) mass is 217 g/mol. The van der Waals surface area contributed by atoms with Gasteiger partial charge >= 0.3 is 5.97 Å². The first-order valence-corrected chi connectivity index (χ1v) is 5.04. The van der Waals surface area contributed by atoms with E-state index in [0.717, 1.165) is 0 Å². The molecule has 0 aromatic carbocycles. The third kappa shape index (κ3) is 6.90. The Labute approximate surface area is 90.0 Å². The van der Waals surface area contributed by atoms with Crippen LogP contribution >= 0.6 is 0 Å². The van der Waals surface area contributed by atoms with Gasteiger partial charge in [0.25, 0.3) is 0 Å². The Kier molecular flexibility index (Phi) is 6.70. The summed E-state index contributed by atoms with van der Waals surface area (Å²) in [6.07, 6.45) is 0. The minimum atomic E-state index is -1.06. The van der Waals surface area contributed by atoms with Crippen LogP contribution < -0.4 is 0 Å². The van der Waals surface area contributed by atoms with Gasteiger partial charge in [-0.3, -0.25) is 4.79 Å². The summed E-state index contributed by atoms with van der Waals surface area (Å²) in [7, 11) is 0. The van der Waals surface area contributed by atoms with Crippen molar-refractivity contribution in [3.8, 4) is 0 Å². The van der Waals surface area contributed by atoms with Crippen molar-refractivity contribution in [3.63, 3.8) is 0 Å². The van der Waals surface area contributed by atoms with Crippen LogP contribution in [-0.2, 0) is 14.3 Å². The Hall–Kier alpha value is -1.10. The van der Waals surface area contributed by atoms with E-state index in [-0.39, 0.29) is 12.5 Å². The maximum absolute atomic E-state index is 11.5. The molecule has 5 heteroatoms. The van der Waals surface area contributed by atoms with E-state index in [2.05, 4.69) is 0 Å². The van der Waals surface area contributed by atoms with Gasteiger partial charge in [0.2, 0.25) is 5.91 Å². The molecule has 0 aliphatic carbocycles. The minimum Gasteiger partial charge on any atom is -0.480 e. The number of ether oxygens (including phenoxy) is 1. The Morgan fingerprint density at radius 1 is 1.33 bits per heavy atom. The zero-order chi connectivity index (χ0) is 11.8. The van der Waals surface area contributed by atoms with Crippen molar-refractivity contribution < 1.29 is 19.4 Å². The van der Waals surface area contributed by atoms with E-state index in [9.17, 15) is 9.59 Å². The number of amides is 1. The fraction of sp³-hybridized carbons (Fsp3) is 0.800. The molecule has 0 atom stereocenters. The first-order valence-electron chi connectivity index (χ1n) is 5.04. The maximum Gasteiger partial charge on any atom is 0.329 e. The van der Waals surface area contributed by atoms with Crippen molar-refractivity contribution in [1.29, 1.82) is 0 Å². The Morgan fingerprint density at radius 2 is 1.93 bits per heavy atom. The summed E-state index contributed by atoms with van der Waals surface area (Å²) in [5.41, 5.74) is 0. The number of hydrogen-bond donors (Lipinski definition) is 1. The van der Waals surface area contributed by atoms with E-state index in [0.29, 0.717) is 19.0 Å². The maximum atomic E-state index is 11.5. The second kappa shape index (κ2) is 7.23. The molecule has 0 rings (SSSR count). The molecule has 0 aromatic rings. The first-order chi connectivity index (χ1) is 6.97. The van der Waals surface area contributed by atoms with E-state index in [1.54, 1.807) is 4.90 Å². The number of rotatable bonds is 7. The van der Waals surface area contributed by atoms with Crippen LogP contribution in [-0.4, -0.2) is 48.2 Å². The molecule has 0 fully saturated rings. The van der Waals surface area contributed by atoms with Gasteiger partial charge in [-0.05, 0) is 12.8 Å². The summed E-state index contributed by atoms with van der Waals surface area (Å²) >= 11 is 0. The molecular formula is C10H19NO4. The van der Waals surface area contributed by atoms with Gasteiger partial charge in [0, 0.05) is 13.1 Å². The number of carboxylic acid groups (broad SMARTS) is 1. The van der Waals surface area contributed by atoms with Crippen molar-refractivity contribution in [2.24, 2.45) is 5.92 Å². The van der Waals surface area contributed by atoms with Gasteiger partial charge in [0.15, 0.2) is 0 Å². The molecular weight excluding hydrogens is 198 g/mol. The van der Waals surface area contributed by atoms with E-state index in [4.69, 9.17) is 9.84 Å². The van der Waals surface area contributed by atoms with Crippen LogP contribution in [0.5, 0.6) is 0 Å². The number of carbonyl (C=O) groups excluding carboxylic acids is 1. The van der Waals surface area contributed by atoms with Crippen LogP contribution in [0.1, 0.15) is 20.8 Å². The van der Waals surface area contributed by atoms with Crippen LogP contribution in [0.3, 0.4) is 0 Å². The molecule has 1 amide bonds. The summed E-state index contributed by atoms with van der Waals surface area (Å²) in [5.74, 6) is -0.824. The van der Waals surface area contributed by atoms with E-state index in [1.807, 2.05) is 20.8 Å². The van der Waals surface area contributed by atoms with Crippen LogP contribution in [0.2, 0.25) is 0 Å². The molecule has 0 saturated heterocycles. The Bertz CT molecular complexity index is 215. The summed E-state index contributed by atoms with van der Waals surface area (Å²) < 4.78 is 4.73. The molecule has 88 valence electrons. The van der Waals surface area contributed by atoms with Gasteiger partial charge in [-0.1, -0.05) is 13.8 Å². The van der Waals surface area contributed by atoms with Crippen molar-refractivity contribution >= 4 is 11.9 Å². The standard InChI is InChI=1S/C10H19NO4/c1-4-11(5-8(2)3)9(12)6-15-7-10(13)14/h8H,4-7H2,1-3H3,(H,13,14). The molecule has 0 radical (unpaired) electrons. The molecule has 0 heterocycles. The van der Waals surface area contributed by atoms with Crippen LogP contribution in [0.15, 0.2) is 0 Å². The quantitative estimate of drug-likeness (QED) is 0.678. The lowest BCUT2D eigenvalue weighted by Crippen LogP contribution is -2.36. The molecule has 1 N–H and O–H groups in total. The third-order valence-electron chi connectivity index (χ3n) is 1.77. The lowest BCUT2D eigenvalue weighted by atomic mass is 10.2. The predicted molar refractivity (Wildman–Crippen MR) is 55.5 cm³/mol. The summed E-state index contributed by atoms with van der Waals surface area (Å²) in [6.45, 7) is 6.64. The minimum absolute atomic E-state index is 0.160. The molecule has 0 unspecified atom stereocenters. The number of hydrogen-bond acceptors (Lipinski definition) is 3. The number of likely N-dealkylation sites (N-methyl/N-ethyl adjacent to an activating group) is 1. The molecule has 0 bridgehead atoms. The van der Waals surface area contributed by atoms with E-state index < -0.39 is 12.6 Å². The SMILES string of the molecule is CCN(CC(C)C)C(=O)COCC(=O)O. The second-order valence-electron chi connectivity index (χ2n) is 3.71. The van der Waals surface area contributed by atoms with Gasteiger partial charge < -0.3 is 14.7 Å². The zero-order valence-corrected chi connectivity index (χ0v) is 9.52. The molecule has 15 heavy (non-hydrogen) atoms. The van der Waals surface area contributed by atoms with Crippen LogP contribution in [0.4, 0.5) is 0 Å². The van der Waals surface area contributed by atoms with Crippen molar-refractivity contribution in [2.75, 3.05) is 26.3 Å². The highest BCUT2D eigenvalue weighted by molar-refractivity contribution is 5.77. The number of carboxylic acids is 1. The number of nitrogens with zero attached hydrogens (tertiary/aromatic N) is 1. The predicted octanol–water partition coefficient (Wildman–Crippen LogP) is 0.592. The van der Waals surface area contributed by atoms with Gasteiger partial charge in [-0.25, -0.2) is 4.79 Å². The van der Waals surface area contributed by atoms with Gasteiger partial charge in [-0.2, -0.15) is 0 Å². The summed E-state index contributed by atoms with van der Waals surface area (Å²) in [5, 5.41) is 8.32. The average Bonchev–Trinajstić information content (AvgIpc) is 2.13. The number of carbonyl (C=O) groups is 2.